The minimum Gasteiger partial charge on any atom is -0.502 e. The molecule has 0 atom stereocenters. The maximum atomic E-state index is 12.4. The first-order chi connectivity index (χ1) is 4.74. The number of rotatable bonds is 1. The normalized spacial score (nSPS) is 9.40. The first kappa shape index (κ1) is 6.80. The molecular weight excluding hydrogens is 138 g/mol. The van der Waals surface area contributed by atoms with Crippen molar-refractivity contribution >= 4 is 5.69 Å². The highest BCUT2D eigenvalue weighted by molar-refractivity contribution is 5.29. The number of benzene rings is 1. The lowest BCUT2D eigenvalue weighted by Crippen LogP contribution is -2.55. The van der Waals surface area contributed by atoms with Gasteiger partial charge in [-0.2, -0.15) is 4.39 Å². The summed E-state index contributed by atoms with van der Waals surface area (Å²) in [7, 11) is 0. The Morgan fingerprint density at radius 2 is 2.00 bits per heavy atom. The van der Waals surface area contributed by atoms with Crippen molar-refractivity contribution in [3.05, 3.63) is 35.4 Å². The summed E-state index contributed by atoms with van der Waals surface area (Å²) in [6.45, 7) is 0. The van der Waals surface area contributed by atoms with Gasteiger partial charge in [-0.25, -0.2) is 4.39 Å². The molecule has 0 amide bonds. The molecule has 0 aliphatic carbocycles. The third kappa shape index (κ3) is 1.15. The molecule has 0 heterocycles. The second kappa shape index (κ2) is 2.51. The van der Waals surface area contributed by atoms with Gasteiger partial charge in [0.05, 0.1) is 0 Å². The Kier molecular flexibility index (Phi) is 1.71. The average Bonchev–Trinajstić information content (AvgIpc) is 1.94. The van der Waals surface area contributed by atoms with Crippen LogP contribution >= 0.6 is 0 Å². The zero-order valence-corrected chi connectivity index (χ0v) is 4.94. The number of nitrogens with one attached hydrogen (secondary N) is 1. The molecule has 1 aromatic carbocycles. The van der Waals surface area contributed by atoms with Crippen molar-refractivity contribution in [3.63, 3.8) is 0 Å². The zero-order valence-electron chi connectivity index (χ0n) is 4.94. The van der Waals surface area contributed by atoms with E-state index in [0.717, 1.165) is 18.2 Å². The van der Waals surface area contributed by atoms with Crippen molar-refractivity contribution in [1.29, 1.82) is 0 Å². The van der Waals surface area contributed by atoms with Crippen molar-refractivity contribution < 1.29 is 13.9 Å². The summed E-state index contributed by atoms with van der Waals surface area (Å²) in [5.74, 6) is -1.29. The number of nitrogens with zero attached hydrogens (tertiary/aromatic N) is 1. The molecule has 4 heteroatoms. The zero-order chi connectivity index (χ0) is 7.56. The summed E-state index contributed by atoms with van der Waals surface area (Å²) >= 11 is 0. The van der Waals surface area contributed by atoms with Gasteiger partial charge in [0, 0.05) is 6.07 Å². The summed E-state index contributed by atoms with van der Waals surface area (Å²) in [5, 5.41) is 1.52. The third-order valence-electron chi connectivity index (χ3n) is 1.05. The highest BCUT2D eigenvalue weighted by atomic mass is 19.1. The Balaban J connectivity index is 3.21. The van der Waals surface area contributed by atoms with E-state index < -0.39 is 11.6 Å². The predicted molar refractivity (Wildman–Crippen MR) is 30.3 cm³/mol. The highest BCUT2D eigenvalue weighted by Gasteiger charge is 2.03. The van der Waals surface area contributed by atoms with Crippen molar-refractivity contribution in [2.24, 2.45) is 0 Å². The van der Waals surface area contributed by atoms with Crippen LogP contribution in [0.2, 0.25) is 0 Å². The van der Waals surface area contributed by atoms with Gasteiger partial charge in [0.1, 0.15) is 5.82 Å². The summed E-state index contributed by atoms with van der Waals surface area (Å²) in [5.41, 5.74) is 7.92. The van der Waals surface area contributed by atoms with Gasteiger partial charge in [-0.1, -0.05) is 0 Å². The summed E-state index contributed by atoms with van der Waals surface area (Å²) in [6.07, 6.45) is 0. The number of hydrogen-bond donors (Lipinski definition) is 1. The van der Waals surface area contributed by atoms with E-state index >= 15 is 0 Å². The molecular formula is C6H4F2N2. The molecule has 0 aliphatic heterocycles. The largest absolute Gasteiger partial charge is 0.502 e. The molecule has 0 saturated carbocycles. The van der Waals surface area contributed by atoms with Crippen molar-refractivity contribution in [3.8, 4) is 0 Å². The van der Waals surface area contributed by atoms with Gasteiger partial charge >= 0.3 is 0 Å². The van der Waals surface area contributed by atoms with Crippen LogP contribution in [0.15, 0.2) is 18.2 Å². The van der Waals surface area contributed by atoms with Crippen LogP contribution < -0.4 is 5.11 Å². The smallest absolute Gasteiger partial charge is 0.231 e. The quantitative estimate of drug-likeness (QED) is 0.560. The van der Waals surface area contributed by atoms with Crippen LogP contribution in [-0.4, -0.2) is 0 Å². The highest BCUT2D eigenvalue weighted by Crippen LogP contribution is 2.08. The lowest BCUT2D eigenvalue weighted by Gasteiger charge is -1.90. The van der Waals surface area contributed by atoms with Crippen LogP contribution in [0.4, 0.5) is 14.5 Å². The molecule has 0 unspecified atom stereocenters. The van der Waals surface area contributed by atoms with Gasteiger partial charge in [0.25, 0.3) is 0 Å². The van der Waals surface area contributed by atoms with E-state index in [0.29, 0.717) is 0 Å². The molecule has 1 aromatic rings. The van der Waals surface area contributed by atoms with Gasteiger partial charge in [-0.15, -0.1) is 0 Å². The minimum absolute atomic E-state index is 0.264. The second-order valence-corrected chi connectivity index (χ2v) is 1.74. The molecule has 0 saturated heterocycles. The molecule has 10 heavy (non-hydrogen) atoms. The fraction of sp³-hybridized carbons (Fsp3) is 0. The maximum absolute atomic E-state index is 12.4. The first-order valence-electron chi connectivity index (χ1n) is 2.59. The van der Waals surface area contributed by atoms with E-state index in [1.165, 1.54) is 5.11 Å². The van der Waals surface area contributed by atoms with Crippen molar-refractivity contribution in [2.45, 2.75) is 0 Å². The van der Waals surface area contributed by atoms with Gasteiger partial charge in [-0.3, -0.25) is 5.11 Å². The van der Waals surface area contributed by atoms with Crippen LogP contribution in [0.1, 0.15) is 0 Å². The third-order valence-corrected chi connectivity index (χ3v) is 1.05. The van der Waals surface area contributed by atoms with E-state index in [1.54, 1.807) is 0 Å². The molecule has 2 nitrogen and oxygen atoms in total. The Labute approximate surface area is 56.0 Å². The van der Waals surface area contributed by atoms with Crippen LogP contribution in [0, 0.1) is 11.6 Å². The Morgan fingerprint density at radius 3 is 2.50 bits per heavy atom. The van der Waals surface area contributed by atoms with Gasteiger partial charge in [0.15, 0.2) is 5.82 Å². The topological polar surface area (TPSA) is 36.3 Å². The predicted octanol–water partition coefficient (Wildman–Crippen LogP) is 0.698. The summed E-state index contributed by atoms with van der Waals surface area (Å²) < 4.78 is 24.6. The molecule has 0 aromatic heterocycles. The molecule has 0 radical (unpaired) electrons. The van der Waals surface area contributed by atoms with Crippen molar-refractivity contribution in [2.75, 3.05) is 0 Å². The monoisotopic (exact) mass is 142 g/mol. The van der Waals surface area contributed by atoms with E-state index in [1.807, 2.05) is 0 Å². The molecule has 0 aliphatic rings. The first-order valence-corrected chi connectivity index (χ1v) is 2.59. The van der Waals surface area contributed by atoms with Crippen LogP contribution in [-0.2, 0) is 0 Å². The lowest BCUT2D eigenvalue weighted by atomic mass is 10.3. The van der Waals surface area contributed by atoms with E-state index in [4.69, 9.17) is 5.53 Å². The Bertz CT molecular complexity index is 260. The number of halogens is 2. The molecule has 1 rings (SSSR count). The second-order valence-electron chi connectivity index (χ2n) is 1.74. The number of hydrogen-bond acceptors (Lipinski definition) is 0. The Morgan fingerprint density at radius 1 is 1.30 bits per heavy atom. The molecule has 52 valence electrons. The van der Waals surface area contributed by atoms with Crippen LogP contribution in [0.25, 0.3) is 5.53 Å². The SMILES string of the molecule is [N-]=[NH+]c1cc(F)ccc1F. The fourth-order valence-corrected chi connectivity index (χ4v) is 0.583. The van der Waals surface area contributed by atoms with Crippen molar-refractivity contribution in [1.82, 2.24) is 0 Å². The Hall–Kier alpha value is -1.32. The fourth-order valence-electron chi connectivity index (χ4n) is 0.583. The summed E-state index contributed by atoms with van der Waals surface area (Å²) in [4.78, 5) is 0. The molecule has 0 spiro atoms. The van der Waals surface area contributed by atoms with Gasteiger partial charge < -0.3 is 5.53 Å². The van der Waals surface area contributed by atoms with Crippen LogP contribution in [0.3, 0.4) is 0 Å². The van der Waals surface area contributed by atoms with Gasteiger partial charge in [-0.05, 0) is 12.1 Å². The van der Waals surface area contributed by atoms with E-state index in [9.17, 15) is 8.78 Å². The van der Waals surface area contributed by atoms with Gasteiger partial charge in [0.2, 0.25) is 5.69 Å². The summed E-state index contributed by atoms with van der Waals surface area (Å²) in [6, 6.07) is 2.75. The maximum Gasteiger partial charge on any atom is 0.231 e. The van der Waals surface area contributed by atoms with Crippen LogP contribution in [0.5, 0.6) is 0 Å². The minimum atomic E-state index is -0.691. The van der Waals surface area contributed by atoms with E-state index in [-0.39, 0.29) is 5.69 Å². The van der Waals surface area contributed by atoms with E-state index in [2.05, 4.69) is 0 Å². The average molecular weight is 142 g/mol. The standard InChI is InChI=1S/C6H4F2N2/c7-4-1-2-5(8)6(3-4)10-9/h1-3,10H. The molecule has 0 bridgehead atoms. The molecule has 0 fully saturated rings. The lowest BCUT2D eigenvalue weighted by molar-refractivity contribution is -0.382. The molecule has 1 N–H and O–H groups in total.